The van der Waals surface area contributed by atoms with Gasteiger partial charge in [-0.3, -0.25) is 9.59 Å². The first kappa shape index (κ1) is 22.8. The minimum absolute atomic E-state index is 0.0882. The zero-order valence-corrected chi connectivity index (χ0v) is 20.2. The average molecular weight is 429 g/mol. The summed E-state index contributed by atoms with van der Waals surface area (Å²) in [4.78, 5) is 24.4. The minimum Gasteiger partial charge on any atom is -0.462 e. The summed E-state index contributed by atoms with van der Waals surface area (Å²) >= 11 is 0. The lowest BCUT2D eigenvalue weighted by Gasteiger charge is -2.65. The summed E-state index contributed by atoms with van der Waals surface area (Å²) in [5, 5.41) is 10.7. The second-order valence-corrected chi connectivity index (χ2v) is 12.1. The molecule has 31 heavy (non-hydrogen) atoms. The van der Waals surface area contributed by atoms with Crippen LogP contribution in [0.25, 0.3) is 0 Å². The number of allylic oxidation sites excluding steroid dienone is 2. The van der Waals surface area contributed by atoms with Crippen LogP contribution in [0.15, 0.2) is 23.3 Å². The number of Topliss-reactive ketones (excluding diaryl/α,β-unsaturated/α-hetero) is 1. The van der Waals surface area contributed by atoms with Crippen molar-refractivity contribution in [1.29, 1.82) is 0 Å². The van der Waals surface area contributed by atoms with Crippen LogP contribution >= 0.6 is 0 Å². The maximum Gasteiger partial charge on any atom is 0.302 e. The van der Waals surface area contributed by atoms with Crippen LogP contribution in [0.3, 0.4) is 0 Å². The summed E-state index contributed by atoms with van der Waals surface area (Å²) in [7, 11) is 0. The summed E-state index contributed by atoms with van der Waals surface area (Å²) in [6.45, 7) is 12.8. The van der Waals surface area contributed by atoms with Crippen LogP contribution in [0.1, 0.15) is 86.5 Å². The van der Waals surface area contributed by atoms with Gasteiger partial charge in [-0.05, 0) is 72.8 Å². The van der Waals surface area contributed by atoms with E-state index < -0.39 is 6.10 Å². The molecule has 0 aromatic rings. The molecular weight excluding hydrogens is 388 g/mol. The van der Waals surface area contributed by atoms with Crippen molar-refractivity contribution >= 4 is 11.8 Å². The Kier molecular flexibility index (Phi) is 5.56. The molecule has 0 unspecified atom stereocenters. The van der Waals surface area contributed by atoms with Crippen LogP contribution in [0, 0.1) is 34.0 Å². The third-order valence-electron chi connectivity index (χ3n) is 9.40. The highest BCUT2D eigenvalue weighted by atomic mass is 16.5. The van der Waals surface area contributed by atoms with Crippen LogP contribution in [-0.2, 0) is 14.3 Å². The third kappa shape index (κ3) is 3.73. The molecule has 0 radical (unpaired) electrons. The number of hydrogen-bond acceptors (Lipinski definition) is 4. The number of hydrogen-bond donors (Lipinski definition) is 1. The molecule has 172 valence electrons. The predicted octanol–water partition coefficient (Wildman–Crippen LogP) is 5.39. The summed E-state index contributed by atoms with van der Waals surface area (Å²) in [5.41, 5.74) is 2.07. The molecular formula is C27H40O4. The Morgan fingerprint density at radius 3 is 2.58 bits per heavy atom. The molecule has 4 heteroatoms. The Morgan fingerprint density at radius 2 is 1.90 bits per heavy atom. The molecule has 0 heterocycles. The molecule has 4 nitrogen and oxygen atoms in total. The van der Waals surface area contributed by atoms with E-state index in [1.165, 1.54) is 31.8 Å². The van der Waals surface area contributed by atoms with E-state index in [-0.39, 0.29) is 40.0 Å². The van der Waals surface area contributed by atoms with E-state index in [9.17, 15) is 14.7 Å². The van der Waals surface area contributed by atoms with Gasteiger partial charge in [0.1, 0.15) is 6.10 Å². The number of fused-ring (bicyclic) bond motifs is 3. The van der Waals surface area contributed by atoms with Gasteiger partial charge in [-0.1, -0.05) is 45.8 Å². The molecule has 0 aromatic carbocycles. The molecule has 0 amide bonds. The molecule has 1 N–H and O–H groups in total. The highest BCUT2D eigenvalue weighted by Gasteiger charge is 2.62. The van der Waals surface area contributed by atoms with Gasteiger partial charge in [0.2, 0.25) is 0 Å². The van der Waals surface area contributed by atoms with Gasteiger partial charge in [0.15, 0.2) is 5.78 Å². The van der Waals surface area contributed by atoms with E-state index in [4.69, 9.17) is 4.74 Å². The highest BCUT2D eigenvalue weighted by molar-refractivity contribution is 5.96. The number of carbonyl (C=O) groups excluding carboxylic acids is 2. The standard InChI is InChI=1S/C27H40O4/c1-16-12-21(30)19(13-20(16)29)18-8-9-23-26(5,14-18)15-22(31-17(2)28)24-25(3,4)10-7-11-27(23,24)6/h12,14,19,21-24,30H,7-11,13,15H2,1-6H3/t19-,21-,22-,23+,24-,26-,27-/m1/s1. The van der Waals surface area contributed by atoms with Crippen molar-refractivity contribution in [3.8, 4) is 0 Å². The molecule has 0 aromatic heterocycles. The largest absolute Gasteiger partial charge is 0.462 e. The molecule has 4 rings (SSSR count). The van der Waals surface area contributed by atoms with Crippen molar-refractivity contribution in [1.82, 2.24) is 0 Å². The van der Waals surface area contributed by atoms with E-state index in [1.54, 1.807) is 13.0 Å². The van der Waals surface area contributed by atoms with E-state index in [2.05, 4.69) is 33.8 Å². The second-order valence-electron chi connectivity index (χ2n) is 12.1. The first-order chi connectivity index (χ1) is 14.4. The lowest BCUT2D eigenvalue weighted by Crippen LogP contribution is -2.61. The molecule has 7 atom stereocenters. The molecule has 4 aliphatic rings. The Bertz CT molecular complexity index is 836. The first-order valence-electron chi connectivity index (χ1n) is 12.2. The van der Waals surface area contributed by atoms with E-state index >= 15 is 0 Å². The summed E-state index contributed by atoms with van der Waals surface area (Å²) in [5.74, 6) is 0.720. The van der Waals surface area contributed by atoms with Gasteiger partial charge in [-0.2, -0.15) is 0 Å². The Labute approximate surface area is 187 Å². The highest BCUT2D eigenvalue weighted by Crippen LogP contribution is 2.67. The van der Waals surface area contributed by atoms with Crippen LogP contribution in [0.5, 0.6) is 0 Å². The van der Waals surface area contributed by atoms with Crippen molar-refractivity contribution in [2.24, 2.45) is 34.0 Å². The van der Waals surface area contributed by atoms with Crippen molar-refractivity contribution in [3.63, 3.8) is 0 Å². The van der Waals surface area contributed by atoms with Crippen LogP contribution < -0.4 is 0 Å². The SMILES string of the molecule is CC(=O)O[C@@H]1C[C@@]2(C)C=C([C@H]3CC(=O)C(C)=C[C@H]3O)CC[C@@H]2[C@@]2(C)CCCC(C)(C)[C@@H]12. The fourth-order valence-electron chi connectivity index (χ4n) is 8.43. The Morgan fingerprint density at radius 1 is 1.19 bits per heavy atom. The number of aliphatic hydroxyl groups is 1. The third-order valence-corrected chi connectivity index (χ3v) is 9.40. The molecule has 2 fully saturated rings. The van der Waals surface area contributed by atoms with Crippen molar-refractivity contribution < 1.29 is 19.4 Å². The van der Waals surface area contributed by atoms with Crippen LogP contribution in [-0.4, -0.2) is 29.1 Å². The Hall–Kier alpha value is -1.42. The van der Waals surface area contributed by atoms with Gasteiger partial charge < -0.3 is 9.84 Å². The number of rotatable bonds is 2. The topological polar surface area (TPSA) is 63.6 Å². The number of ether oxygens (including phenoxy) is 1. The fraction of sp³-hybridized carbons (Fsp3) is 0.778. The summed E-state index contributed by atoms with van der Waals surface area (Å²) < 4.78 is 6.03. The Balaban J connectivity index is 1.73. The van der Waals surface area contributed by atoms with E-state index in [0.717, 1.165) is 19.3 Å². The normalized spacial score (nSPS) is 44.5. The number of carbonyl (C=O) groups is 2. The lowest BCUT2D eigenvalue weighted by molar-refractivity contribution is -0.199. The van der Waals surface area contributed by atoms with Crippen molar-refractivity contribution in [2.75, 3.05) is 0 Å². The number of ketones is 1. The molecule has 0 bridgehead atoms. The maximum absolute atomic E-state index is 12.4. The van der Waals surface area contributed by atoms with Gasteiger partial charge in [0, 0.05) is 25.2 Å². The second kappa shape index (κ2) is 7.57. The zero-order chi connectivity index (χ0) is 22.8. The summed E-state index contributed by atoms with van der Waals surface area (Å²) in [6.07, 6.45) is 10.3. The van der Waals surface area contributed by atoms with E-state index in [1.807, 2.05) is 0 Å². The molecule has 0 aliphatic heterocycles. The van der Waals surface area contributed by atoms with Crippen LogP contribution in [0.2, 0.25) is 0 Å². The van der Waals surface area contributed by atoms with Crippen molar-refractivity contribution in [3.05, 3.63) is 23.3 Å². The van der Waals surface area contributed by atoms with E-state index in [0.29, 0.717) is 23.8 Å². The van der Waals surface area contributed by atoms with Crippen LogP contribution in [0.4, 0.5) is 0 Å². The number of aliphatic hydroxyl groups excluding tert-OH is 1. The summed E-state index contributed by atoms with van der Waals surface area (Å²) in [6, 6.07) is 0. The van der Waals surface area contributed by atoms with Gasteiger partial charge in [0.05, 0.1) is 6.10 Å². The molecule has 2 saturated carbocycles. The lowest BCUT2D eigenvalue weighted by atomic mass is 9.41. The van der Waals surface area contributed by atoms with Crippen molar-refractivity contribution in [2.45, 2.75) is 98.7 Å². The molecule has 0 spiro atoms. The smallest absolute Gasteiger partial charge is 0.302 e. The maximum atomic E-state index is 12.4. The van der Waals surface area contributed by atoms with Gasteiger partial charge in [-0.25, -0.2) is 0 Å². The fourth-order valence-corrected chi connectivity index (χ4v) is 8.43. The molecule has 0 saturated heterocycles. The average Bonchev–Trinajstić information content (AvgIpc) is 2.62. The van der Waals surface area contributed by atoms with Gasteiger partial charge in [0.25, 0.3) is 0 Å². The number of esters is 1. The predicted molar refractivity (Wildman–Crippen MR) is 121 cm³/mol. The quantitative estimate of drug-likeness (QED) is 0.473. The minimum atomic E-state index is -0.589. The molecule has 4 aliphatic carbocycles. The monoisotopic (exact) mass is 428 g/mol. The van der Waals surface area contributed by atoms with Gasteiger partial charge in [-0.15, -0.1) is 0 Å². The first-order valence-corrected chi connectivity index (χ1v) is 12.2. The zero-order valence-electron chi connectivity index (χ0n) is 20.2. The van der Waals surface area contributed by atoms with Gasteiger partial charge >= 0.3 is 5.97 Å².